The van der Waals surface area contributed by atoms with Gasteiger partial charge in [-0.25, -0.2) is 18.1 Å². The highest BCUT2D eigenvalue weighted by Crippen LogP contribution is 2.23. The summed E-state index contributed by atoms with van der Waals surface area (Å²) in [5.74, 6) is -0.151. The molecule has 1 aromatic heterocycles. The summed E-state index contributed by atoms with van der Waals surface area (Å²) in [6.45, 7) is 2.72. The van der Waals surface area contributed by atoms with Crippen LogP contribution < -0.4 is 5.32 Å². The first-order valence-corrected chi connectivity index (χ1v) is 11.2. The molecule has 1 aliphatic rings. The van der Waals surface area contributed by atoms with E-state index in [-0.39, 0.29) is 17.6 Å². The molecule has 1 unspecified atom stereocenters. The van der Waals surface area contributed by atoms with E-state index >= 15 is 0 Å². The SMILES string of the molecule is CCCS(=O)(=O)N1CCCC1C(=O)Nc1ncn(Cc2ccc(Br)cc2)n1. The number of hydrogen-bond acceptors (Lipinski definition) is 5. The number of carbonyl (C=O) groups is 1. The monoisotopic (exact) mass is 455 g/mol. The van der Waals surface area contributed by atoms with Gasteiger partial charge in [0, 0.05) is 11.0 Å². The predicted molar refractivity (Wildman–Crippen MR) is 106 cm³/mol. The van der Waals surface area contributed by atoms with Gasteiger partial charge < -0.3 is 0 Å². The molecule has 1 aliphatic heterocycles. The molecule has 0 aliphatic carbocycles. The third kappa shape index (κ3) is 4.94. The average molecular weight is 456 g/mol. The number of rotatable bonds is 7. The van der Waals surface area contributed by atoms with Gasteiger partial charge in [0.05, 0.1) is 12.3 Å². The van der Waals surface area contributed by atoms with Crippen molar-refractivity contribution in [3.05, 3.63) is 40.6 Å². The second kappa shape index (κ2) is 8.49. The highest BCUT2D eigenvalue weighted by molar-refractivity contribution is 9.10. The Bertz CT molecular complexity index is 898. The van der Waals surface area contributed by atoms with Crippen molar-refractivity contribution in [2.24, 2.45) is 0 Å². The Morgan fingerprint density at radius 1 is 1.33 bits per heavy atom. The maximum Gasteiger partial charge on any atom is 0.248 e. The molecule has 0 spiro atoms. The van der Waals surface area contributed by atoms with Gasteiger partial charge in [0.2, 0.25) is 21.9 Å². The Morgan fingerprint density at radius 2 is 2.07 bits per heavy atom. The van der Waals surface area contributed by atoms with Crippen LogP contribution in [0.2, 0.25) is 0 Å². The quantitative estimate of drug-likeness (QED) is 0.689. The van der Waals surface area contributed by atoms with E-state index in [1.807, 2.05) is 31.2 Å². The van der Waals surface area contributed by atoms with Crippen molar-refractivity contribution in [3.8, 4) is 0 Å². The van der Waals surface area contributed by atoms with Crippen molar-refractivity contribution in [3.63, 3.8) is 0 Å². The lowest BCUT2D eigenvalue weighted by Crippen LogP contribution is -2.44. The van der Waals surface area contributed by atoms with E-state index in [1.54, 1.807) is 4.68 Å². The third-order valence-corrected chi connectivity index (χ3v) is 6.96. The third-order valence-electron chi connectivity index (χ3n) is 4.36. The summed E-state index contributed by atoms with van der Waals surface area (Å²) in [6, 6.07) is 7.14. The molecule has 3 rings (SSSR count). The van der Waals surface area contributed by atoms with Gasteiger partial charge in [0.25, 0.3) is 0 Å². The van der Waals surface area contributed by atoms with Crippen molar-refractivity contribution in [2.45, 2.75) is 38.8 Å². The molecule has 1 saturated heterocycles. The molecule has 27 heavy (non-hydrogen) atoms. The first kappa shape index (κ1) is 20.0. The lowest BCUT2D eigenvalue weighted by atomic mass is 10.2. The minimum Gasteiger partial charge on any atom is -0.292 e. The normalized spacial score (nSPS) is 17.9. The van der Waals surface area contributed by atoms with Gasteiger partial charge in [-0.05, 0) is 37.0 Å². The van der Waals surface area contributed by atoms with Crippen LogP contribution in [0.15, 0.2) is 35.1 Å². The predicted octanol–water partition coefficient (Wildman–Crippen LogP) is 2.23. The van der Waals surface area contributed by atoms with Gasteiger partial charge in [-0.3, -0.25) is 10.1 Å². The molecule has 1 N–H and O–H groups in total. The number of carbonyl (C=O) groups excluding carboxylic acids is 1. The van der Waals surface area contributed by atoms with E-state index in [4.69, 9.17) is 0 Å². The van der Waals surface area contributed by atoms with Gasteiger partial charge in [-0.2, -0.15) is 4.31 Å². The molecular weight excluding hydrogens is 434 g/mol. The molecule has 146 valence electrons. The van der Waals surface area contributed by atoms with Crippen LogP contribution in [0.3, 0.4) is 0 Å². The van der Waals surface area contributed by atoms with Crippen LogP contribution in [-0.2, 0) is 21.4 Å². The Balaban J connectivity index is 1.64. The first-order valence-electron chi connectivity index (χ1n) is 8.83. The standard InChI is InChI=1S/C17H22BrN5O3S/c1-2-10-27(25,26)23-9-3-4-15(23)16(24)20-17-19-12-22(21-17)11-13-5-7-14(18)8-6-13/h5-8,12,15H,2-4,9-11H2,1H3,(H,20,21,24). The molecule has 0 radical (unpaired) electrons. The van der Waals surface area contributed by atoms with Crippen molar-refractivity contribution in [1.82, 2.24) is 19.1 Å². The fraction of sp³-hybridized carbons (Fsp3) is 0.471. The molecule has 0 saturated carbocycles. The summed E-state index contributed by atoms with van der Waals surface area (Å²) in [5, 5.41) is 6.90. The summed E-state index contributed by atoms with van der Waals surface area (Å²) in [4.78, 5) is 16.7. The van der Waals surface area contributed by atoms with E-state index in [9.17, 15) is 13.2 Å². The molecule has 2 heterocycles. The van der Waals surface area contributed by atoms with Crippen molar-refractivity contribution < 1.29 is 13.2 Å². The van der Waals surface area contributed by atoms with E-state index in [0.29, 0.717) is 32.4 Å². The van der Waals surface area contributed by atoms with E-state index in [1.165, 1.54) is 10.6 Å². The lowest BCUT2D eigenvalue weighted by Gasteiger charge is -2.22. The number of amides is 1. The van der Waals surface area contributed by atoms with Crippen molar-refractivity contribution in [1.29, 1.82) is 0 Å². The fourth-order valence-corrected chi connectivity index (χ4v) is 5.12. The van der Waals surface area contributed by atoms with Crippen LogP contribution in [0.5, 0.6) is 0 Å². The maximum absolute atomic E-state index is 12.6. The molecule has 1 atom stereocenters. The van der Waals surface area contributed by atoms with Gasteiger partial charge in [-0.1, -0.05) is 35.0 Å². The molecule has 0 bridgehead atoms. The lowest BCUT2D eigenvalue weighted by molar-refractivity contribution is -0.119. The number of benzene rings is 1. The van der Waals surface area contributed by atoms with E-state index < -0.39 is 16.1 Å². The van der Waals surface area contributed by atoms with Gasteiger partial charge >= 0.3 is 0 Å². The van der Waals surface area contributed by atoms with Crippen molar-refractivity contribution >= 4 is 37.8 Å². The molecular formula is C17H22BrN5O3S. The zero-order valence-corrected chi connectivity index (χ0v) is 17.4. The molecule has 10 heteroatoms. The highest BCUT2D eigenvalue weighted by atomic mass is 79.9. The van der Waals surface area contributed by atoms with E-state index in [2.05, 4.69) is 31.3 Å². The summed E-state index contributed by atoms with van der Waals surface area (Å²) in [5.41, 5.74) is 1.05. The van der Waals surface area contributed by atoms with Gasteiger partial charge in [0.15, 0.2) is 0 Å². The zero-order chi connectivity index (χ0) is 19.4. The fourth-order valence-electron chi connectivity index (χ4n) is 3.11. The number of nitrogens with zero attached hydrogens (tertiary/aromatic N) is 4. The second-order valence-electron chi connectivity index (χ2n) is 6.47. The Labute approximate surface area is 167 Å². The Morgan fingerprint density at radius 3 is 2.78 bits per heavy atom. The molecule has 1 amide bonds. The molecule has 1 fully saturated rings. The molecule has 8 nitrogen and oxygen atoms in total. The number of sulfonamides is 1. The number of nitrogens with one attached hydrogen (secondary N) is 1. The zero-order valence-electron chi connectivity index (χ0n) is 15.0. The van der Waals surface area contributed by atoms with E-state index in [0.717, 1.165) is 10.0 Å². The maximum atomic E-state index is 12.6. The summed E-state index contributed by atoms with van der Waals surface area (Å²) >= 11 is 3.39. The minimum atomic E-state index is -3.41. The first-order chi connectivity index (χ1) is 12.9. The topological polar surface area (TPSA) is 97.2 Å². The van der Waals surface area contributed by atoms with Crippen molar-refractivity contribution in [2.75, 3.05) is 17.6 Å². The molecule has 2 aromatic rings. The van der Waals surface area contributed by atoms with Crippen LogP contribution in [0.25, 0.3) is 0 Å². The average Bonchev–Trinajstić information content (AvgIpc) is 3.27. The van der Waals surface area contributed by atoms with Crippen LogP contribution in [0.1, 0.15) is 31.7 Å². The number of hydrogen-bond donors (Lipinski definition) is 1. The molecule has 1 aromatic carbocycles. The second-order valence-corrected chi connectivity index (χ2v) is 9.42. The van der Waals surface area contributed by atoms with Gasteiger partial charge in [0.1, 0.15) is 12.4 Å². The van der Waals surface area contributed by atoms with Crippen LogP contribution in [0.4, 0.5) is 5.95 Å². The highest BCUT2D eigenvalue weighted by Gasteiger charge is 2.38. The van der Waals surface area contributed by atoms with Crippen LogP contribution >= 0.6 is 15.9 Å². The van der Waals surface area contributed by atoms with Gasteiger partial charge in [-0.15, -0.1) is 5.10 Å². The Hall–Kier alpha value is -1.78. The summed E-state index contributed by atoms with van der Waals surface area (Å²) < 4.78 is 28.6. The Kier molecular flexibility index (Phi) is 6.28. The summed E-state index contributed by atoms with van der Waals surface area (Å²) in [6.07, 6.45) is 3.24. The van der Waals surface area contributed by atoms with Crippen LogP contribution in [-0.4, -0.2) is 51.7 Å². The number of aromatic nitrogens is 3. The number of halogens is 1. The summed E-state index contributed by atoms with van der Waals surface area (Å²) in [7, 11) is -3.41. The van der Waals surface area contributed by atoms with Crippen LogP contribution in [0, 0.1) is 0 Å². The smallest absolute Gasteiger partial charge is 0.248 e. The number of anilines is 1. The largest absolute Gasteiger partial charge is 0.292 e. The minimum absolute atomic E-state index is 0.0524.